The van der Waals surface area contributed by atoms with Crippen molar-refractivity contribution in [1.29, 1.82) is 0 Å². The van der Waals surface area contributed by atoms with Crippen molar-refractivity contribution in [3.05, 3.63) is 0 Å². The molecule has 2 N–H and O–H groups in total. The van der Waals surface area contributed by atoms with Gasteiger partial charge in [0.15, 0.2) is 0 Å². The van der Waals surface area contributed by atoms with E-state index in [9.17, 15) is 0 Å². The van der Waals surface area contributed by atoms with Gasteiger partial charge in [0.1, 0.15) is 0 Å². The second kappa shape index (κ2) is 7.24. The van der Waals surface area contributed by atoms with E-state index < -0.39 is 0 Å². The highest BCUT2D eigenvalue weighted by Gasteiger charge is 2.18. The number of hydrogen-bond donors (Lipinski definition) is 1. The zero-order valence-electron chi connectivity index (χ0n) is 10.4. The van der Waals surface area contributed by atoms with E-state index in [0.29, 0.717) is 12.1 Å². The highest BCUT2D eigenvalue weighted by atomic mass is 16.5. The van der Waals surface area contributed by atoms with Crippen LogP contribution in [0.15, 0.2) is 0 Å². The molecule has 0 amide bonds. The van der Waals surface area contributed by atoms with Crippen molar-refractivity contribution in [2.45, 2.75) is 70.9 Å². The molecule has 0 aliphatic carbocycles. The summed E-state index contributed by atoms with van der Waals surface area (Å²) in [5.41, 5.74) is 6.18. The number of ether oxygens (including phenoxy) is 1. The van der Waals surface area contributed by atoms with E-state index >= 15 is 0 Å². The summed E-state index contributed by atoms with van der Waals surface area (Å²) < 4.78 is 5.72. The van der Waals surface area contributed by atoms with Crippen molar-refractivity contribution in [2.75, 3.05) is 6.61 Å². The van der Waals surface area contributed by atoms with Crippen LogP contribution in [0.2, 0.25) is 0 Å². The van der Waals surface area contributed by atoms with Crippen molar-refractivity contribution in [2.24, 2.45) is 11.7 Å². The smallest absolute Gasteiger partial charge is 0.0589 e. The van der Waals surface area contributed by atoms with Gasteiger partial charge in [0.25, 0.3) is 0 Å². The van der Waals surface area contributed by atoms with Crippen LogP contribution in [-0.2, 0) is 4.74 Å². The molecule has 0 spiro atoms. The van der Waals surface area contributed by atoms with Crippen molar-refractivity contribution in [3.8, 4) is 0 Å². The summed E-state index contributed by atoms with van der Waals surface area (Å²) in [6.07, 6.45) is 8.98. The van der Waals surface area contributed by atoms with E-state index in [1.807, 2.05) is 0 Å². The Balaban J connectivity index is 2.18. The summed E-state index contributed by atoms with van der Waals surface area (Å²) in [6, 6.07) is 0.345. The lowest BCUT2D eigenvalue weighted by molar-refractivity contribution is 0.00612. The van der Waals surface area contributed by atoms with Gasteiger partial charge in [-0.2, -0.15) is 0 Å². The van der Waals surface area contributed by atoms with Gasteiger partial charge < -0.3 is 10.5 Å². The van der Waals surface area contributed by atoms with Gasteiger partial charge in [0, 0.05) is 12.6 Å². The fourth-order valence-corrected chi connectivity index (χ4v) is 2.48. The van der Waals surface area contributed by atoms with Crippen LogP contribution < -0.4 is 5.73 Å². The molecule has 1 saturated heterocycles. The first-order chi connectivity index (χ1) is 7.26. The predicted octanol–water partition coefficient (Wildman–Crippen LogP) is 3.10. The third-order valence-corrected chi connectivity index (χ3v) is 3.63. The molecule has 1 heterocycles. The Morgan fingerprint density at radius 3 is 2.53 bits per heavy atom. The van der Waals surface area contributed by atoms with E-state index in [1.165, 1.54) is 38.5 Å². The topological polar surface area (TPSA) is 35.2 Å². The lowest BCUT2D eigenvalue weighted by Crippen LogP contribution is -2.31. The monoisotopic (exact) mass is 213 g/mol. The molecule has 0 radical (unpaired) electrons. The molecule has 0 bridgehead atoms. The lowest BCUT2D eigenvalue weighted by atomic mass is 9.91. The minimum Gasteiger partial charge on any atom is -0.378 e. The standard InChI is InChI=1S/C13H27NO/c1-3-11(4-2)9-12(14)10-13-7-5-6-8-15-13/h11-13H,3-10,14H2,1-2H3. The Labute approximate surface area is 94.6 Å². The first kappa shape index (κ1) is 13.0. The van der Waals surface area contributed by atoms with Crippen LogP contribution in [0.25, 0.3) is 0 Å². The Kier molecular flexibility index (Phi) is 6.26. The Bertz CT molecular complexity index is 151. The lowest BCUT2D eigenvalue weighted by Gasteiger charge is -2.26. The van der Waals surface area contributed by atoms with E-state index in [0.717, 1.165) is 18.9 Å². The Morgan fingerprint density at radius 2 is 2.00 bits per heavy atom. The average molecular weight is 213 g/mol. The Hall–Kier alpha value is -0.0800. The molecule has 0 aromatic carbocycles. The van der Waals surface area contributed by atoms with E-state index in [1.54, 1.807) is 0 Å². The van der Waals surface area contributed by atoms with Gasteiger partial charge in [-0.25, -0.2) is 0 Å². The van der Waals surface area contributed by atoms with Gasteiger partial charge in [-0.05, 0) is 38.0 Å². The van der Waals surface area contributed by atoms with Crippen LogP contribution >= 0.6 is 0 Å². The summed E-state index contributed by atoms with van der Waals surface area (Å²) in [5, 5.41) is 0. The molecule has 1 fully saturated rings. The summed E-state index contributed by atoms with van der Waals surface area (Å²) in [7, 11) is 0. The summed E-state index contributed by atoms with van der Waals surface area (Å²) >= 11 is 0. The fourth-order valence-electron chi connectivity index (χ4n) is 2.48. The van der Waals surface area contributed by atoms with Crippen LogP contribution in [0.5, 0.6) is 0 Å². The normalized spacial score (nSPS) is 24.4. The van der Waals surface area contributed by atoms with E-state index in [4.69, 9.17) is 10.5 Å². The van der Waals surface area contributed by atoms with Gasteiger partial charge >= 0.3 is 0 Å². The maximum atomic E-state index is 6.18. The predicted molar refractivity (Wildman–Crippen MR) is 64.9 cm³/mol. The second-order valence-corrected chi connectivity index (χ2v) is 4.90. The number of hydrogen-bond acceptors (Lipinski definition) is 2. The van der Waals surface area contributed by atoms with Crippen molar-refractivity contribution in [1.82, 2.24) is 0 Å². The minimum absolute atomic E-state index is 0.345. The zero-order valence-corrected chi connectivity index (χ0v) is 10.4. The number of rotatable bonds is 6. The highest BCUT2D eigenvalue weighted by Crippen LogP contribution is 2.21. The van der Waals surface area contributed by atoms with Crippen LogP contribution in [-0.4, -0.2) is 18.8 Å². The molecular formula is C13H27NO. The van der Waals surface area contributed by atoms with Crippen LogP contribution in [0.1, 0.15) is 58.8 Å². The molecule has 15 heavy (non-hydrogen) atoms. The molecule has 1 aliphatic rings. The molecular weight excluding hydrogens is 186 g/mol. The molecule has 90 valence electrons. The third-order valence-electron chi connectivity index (χ3n) is 3.63. The van der Waals surface area contributed by atoms with Crippen molar-refractivity contribution < 1.29 is 4.74 Å². The molecule has 0 aromatic rings. The number of nitrogens with two attached hydrogens (primary N) is 1. The van der Waals surface area contributed by atoms with E-state index in [2.05, 4.69) is 13.8 Å². The van der Waals surface area contributed by atoms with Crippen molar-refractivity contribution in [3.63, 3.8) is 0 Å². The average Bonchev–Trinajstić information content (AvgIpc) is 2.27. The third kappa shape index (κ3) is 4.98. The molecule has 2 atom stereocenters. The van der Waals surface area contributed by atoms with Crippen LogP contribution in [0.4, 0.5) is 0 Å². The van der Waals surface area contributed by atoms with Gasteiger partial charge in [-0.1, -0.05) is 26.7 Å². The molecule has 1 aliphatic heterocycles. The van der Waals surface area contributed by atoms with Crippen LogP contribution in [0, 0.1) is 5.92 Å². The van der Waals surface area contributed by atoms with Gasteiger partial charge in [0.2, 0.25) is 0 Å². The largest absolute Gasteiger partial charge is 0.378 e. The molecule has 2 heteroatoms. The maximum Gasteiger partial charge on any atom is 0.0589 e. The second-order valence-electron chi connectivity index (χ2n) is 4.90. The van der Waals surface area contributed by atoms with Crippen LogP contribution in [0.3, 0.4) is 0 Å². The molecule has 0 saturated carbocycles. The maximum absolute atomic E-state index is 6.18. The SMILES string of the molecule is CCC(CC)CC(N)CC1CCCCO1. The quantitative estimate of drug-likeness (QED) is 0.736. The van der Waals surface area contributed by atoms with Crippen molar-refractivity contribution >= 4 is 0 Å². The molecule has 0 aromatic heterocycles. The molecule has 2 unspecified atom stereocenters. The highest BCUT2D eigenvalue weighted by molar-refractivity contribution is 4.73. The van der Waals surface area contributed by atoms with Gasteiger partial charge in [-0.15, -0.1) is 0 Å². The molecule has 2 nitrogen and oxygen atoms in total. The molecule has 1 rings (SSSR count). The summed E-state index contributed by atoms with van der Waals surface area (Å²) in [5.74, 6) is 0.809. The minimum atomic E-state index is 0.345. The zero-order chi connectivity index (χ0) is 11.1. The van der Waals surface area contributed by atoms with Gasteiger partial charge in [-0.3, -0.25) is 0 Å². The summed E-state index contributed by atoms with van der Waals surface area (Å²) in [4.78, 5) is 0. The fraction of sp³-hybridized carbons (Fsp3) is 1.00. The summed E-state index contributed by atoms with van der Waals surface area (Å²) in [6.45, 7) is 5.47. The van der Waals surface area contributed by atoms with E-state index in [-0.39, 0.29) is 0 Å². The first-order valence-electron chi connectivity index (χ1n) is 6.63. The Morgan fingerprint density at radius 1 is 1.27 bits per heavy atom. The first-order valence-corrected chi connectivity index (χ1v) is 6.63. The van der Waals surface area contributed by atoms with Gasteiger partial charge in [0.05, 0.1) is 6.10 Å².